The van der Waals surface area contributed by atoms with E-state index in [1.807, 2.05) is 146 Å². The molecule has 0 aliphatic carbocycles. The van der Waals surface area contributed by atoms with Crippen molar-refractivity contribution >= 4 is 60.5 Å². The lowest BCUT2D eigenvalue weighted by atomic mass is 9.95. The molecule has 2 heteroatoms. The number of benzene rings is 10. The summed E-state index contributed by atoms with van der Waals surface area (Å²) in [6.07, 6.45) is 0. The van der Waals surface area contributed by atoms with E-state index in [9.17, 15) is 11.0 Å². The molecule has 0 spiro atoms. The van der Waals surface area contributed by atoms with E-state index in [1.54, 1.807) is 30.3 Å². The van der Waals surface area contributed by atoms with Gasteiger partial charge in [0.1, 0.15) is 11.2 Å². The van der Waals surface area contributed by atoms with E-state index in [-0.39, 0.29) is 46.7 Å². The van der Waals surface area contributed by atoms with Crippen LogP contribution in [0.5, 0.6) is 0 Å². The van der Waals surface area contributed by atoms with Gasteiger partial charge in [0.25, 0.3) is 0 Å². The maximum absolute atomic E-state index is 9.73. The molecule has 272 valence electrons. The van der Waals surface area contributed by atoms with Crippen LogP contribution in [0, 0.1) is 0 Å². The zero-order chi connectivity index (χ0) is 45.4. The predicted octanol–water partition coefficient (Wildman–Crippen LogP) is 16.0. The molecule has 0 atom stereocenters. The molecule has 11 aromatic rings. The number of furan rings is 1. The van der Waals surface area contributed by atoms with E-state index in [0.717, 1.165) is 49.0 Å². The van der Waals surface area contributed by atoms with Crippen LogP contribution in [0.1, 0.15) is 11.0 Å². The van der Waals surface area contributed by atoms with Crippen molar-refractivity contribution in [2.24, 2.45) is 0 Å². The monoisotopic (exact) mass is 747 g/mol. The quantitative estimate of drug-likeness (QED) is 0.161. The highest BCUT2D eigenvalue weighted by Gasteiger charge is 2.21. The van der Waals surface area contributed by atoms with E-state index in [4.69, 9.17) is 4.42 Å². The second kappa shape index (κ2) is 14.1. The number of para-hydroxylation sites is 1. The fourth-order valence-corrected chi connectivity index (χ4v) is 7.96. The zero-order valence-electron chi connectivity index (χ0n) is 39.1. The first kappa shape index (κ1) is 26.2. The third-order valence-electron chi connectivity index (χ3n) is 10.8. The zero-order valence-corrected chi connectivity index (χ0v) is 31.1. The highest BCUT2D eigenvalue weighted by molar-refractivity contribution is 6.19. The number of rotatable bonds is 7. The molecule has 58 heavy (non-hydrogen) atoms. The highest BCUT2D eigenvalue weighted by atomic mass is 16.3. The molecule has 0 N–H and O–H groups in total. The Morgan fingerprint density at radius 3 is 1.67 bits per heavy atom. The van der Waals surface area contributed by atoms with Crippen LogP contribution in [0.15, 0.2) is 229 Å². The van der Waals surface area contributed by atoms with Crippen molar-refractivity contribution in [2.45, 2.75) is 0 Å². The van der Waals surface area contributed by atoms with Gasteiger partial charge in [-0.05, 0) is 104 Å². The molecular weight excluding hydrogens is 703 g/mol. The van der Waals surface area contributed by atoms with Crippen molar-refractivity contribution in [1.82, 2.24) is 0 Å². The van der Waals surface area contributed by atoms with Gasteiger partial charge in [-0.25, -0.2) is 0 Å². The average Bonchev–Trinajstić information content (AvgIpc) is 3.75. The molecule has 1 aromatic heterocycles. The first-order chi connectivity index (χ1) is 32.1. The molecule has 0 saturated heterocycles. The molecule has 0 unspecified atom stereocenters. The maximum atomic E-state index is 9.73. The van der Waals surface area contributed by atoms with Crippen LogP contribution in [-0.4, -0.2) is 0 Å². The van der Waals surface area contributed by atoms with Gasteiger partial charge in [0.05, 0.1) is 16.7 Å². The molecule has 0 amide bonds. The van der Waals surface area contributed by atoms with Gasteiger partial charge in [-0.1, -0.05) is 176 Å². The minimum absolute atomic E-state index is 0.0923. The van der Waals surface area contributed by atoms with Crippen molar-refractivity contribution in [3.63, 3.8) is 0 Å². The Bertz CT molecular complexity index is 3700. The predicted molar refractivity (Wildman–Crippen MR) is 245 cm³/mol. The fourth-order valence-electron chi connectivity index (χ4n) is 7.96. The van der Waals surface area contributed by atoms with Crippen LogP contribution in [0.2, 0.25) is 0 Å². The normalized spacial score (nSPS) is 13.4. The lowest BCUT2D eigenvalue weighted by Crippen LogP contribution is -2.11. The van der Waals surface area contributed by atoms with Crippen LogP contribution < -0.4 is 4.90 Å². The highest BCUT2D eigenvalue weighted by Crippen LogP contribution is 2.46. The molecule has 11 rings (SSSR count). The largest absolute Gasteiger partial charge is 0.455 e. The summed E-state index contributed by atoms with van der Waals surface area (Å²) in [4.78, 5) is 1.39. The Hall–Kier alpha value is -7.68. The van der Waals surface area contributed by atoms with Gasteiger partial charge in [0.15, 0.2) is 0 Å². The number of hydrogen-bond acceptors (Lipinski definition) is 2. The van der Waals surface area contributed by atoms with Gasteiger partial charge in [0.2, 0.25) is 0 Å². The second-order valence-electron chi connectivity index (χ2n) is 14.2. The van der Waals surface area contributed by atoms with Crippen LogP contribution in [-0.2, 0) is 0 Å². The minimum atomic E-state index is -0.415. The van der Waals surface area contributed by atoms with E-state index in [0.29, 0.717) is 33.5 Å². The lowest BCUT2D eigenvalue weighted by Gasteiger charge is -2.28. The summed E-state index contributed by atoms with van der Waals surface area (Å²) in [5, 5.41) is 5.46. The topological polar surface area (TPSA) is 16.4 Å². The van der Waals surface area contributed by atoms with Crippen molar-refractivity contribution in [3.8, 4) is 44.5 Å². The van der Waals surface area contributed by atoms with Gasteiger partial charge in [-0.2, -0.15) is 0 Å². The average molecular weight is 748 g/mol. The van der Waals surface area contributed by atoms with E-state index in [1.165, 1.54) is 4.90 Å². The summed E-state index contributed by atoms with van der Waals surface area (Å²) < 4.78 is 83.6. The standard InChI is InChI=1S/C56H37NO/c1-2-11-38(12-3-1)40-21-23-41(24-22-40)42-27-32-47(33-28-42)57(48-34-29-43(30-35-48)46-26-25-39-13-4-5-15-45(39)37-46)53-19-9-8-17-50(53)51-18-10-20-54-55(51)52-36-31-44-14-6-7-16-49(44)56(52)58-54/h1-37H/i27D,28D,29D,30D,32D,33D,34D,35D. The SMILES string of the molecule is [2H]c1c([2H])c(N(c2ccccc2-c2cccc3oc4c5ccccc5ccc4c23)c2c([2H])c([2H])c(-c3ccc4ccccc4c3)c([2H])c2[2H])c([2H])c([2H])c1-c1ccc(-c2ccccc2)cc1. The second-order valence-corrected chi connectivity index (χ2v) is 14.2. The third kappa shape index (κ3) is 5.91. The Labute approximate surface area is 348 Å². The fraction of sp³-hybridized carbons (Fsp3) is 0. The van der Waals surface area contributed by atoms with Gasteiger partial charge >= 0.3 is 0 Å². The lowest BCUT2D eigenvalue weighted by molar-refractivity contribution is 0.673. The van der Waals surface area contributed by atoms with E-state index in [2.05, 4.69) is 0 Å². The van der Waals surface area contributed by atoms with Crippen LogP contribution >= 0.6 is 0 Å². The number of hydrogen-bond donors (Lipinski definition) is 0. The number of fused-ring (bicyclic) bond motifs is 6. The molecule has 1 heterocycles. The molecule has 0 aliphatic heterocycles. The Morgan fingerprint density at radius 1 is 0.362 bits per heavy atom. The molecule has 0 bridgehead atoms. The van der Waals surface area contributed by atoms with Crippen LogP contribution in [0.25, 0.3) is 88.0 Å². The summed E-state index contributed by atoms with van der Waals surface area (Å²) in [6, 6.07) is 52.5. The third-order valence-corrected chi connectivity index (χ3v) is 10.8. The summed E-state index contributed by atoms with van der Waals surface area (Å²) in [5.74, 6) is 0. The molecule has 0 aliphatic rings. The number of anilines is 3. The van der Waals surface area contributed by atoms with Crippen molar-refractivity contribution < 1.29 is 15.4 Å². The van der Waals surface area contributed by atoms with Gasteiger partial charge in [0, 0.05) is 33.1 Å². The molecule has 0 saturated carbocycles. The first-order valence-electron chi connectivity index (χ1n) is 23.2. The molecule has 2 nitrogen and oxygen atoms in total. The molecular formula is C56H37NO. The summed E-state index contributed by atoms with van der Waals surface area (Å²) >= 11 is 0. The van der Waals surface area contributed by atoms with Crippen molar-refractivity contribution in [1.29, 1.82) is 0 Å². The number of nitrogens with zero attached hydrogens (tertiary/aromatic N) is 1. The molecule has 10 aromatic carbocycles. The summed E-state index contributed by atoms with van der Waals surface area (Å²) in [6.45, 7) is 0. The van der Waals surface area contributed by atoms with Crippen LogP contribution in [0.4, 0.5) is 17.1 Å². The summed E-state index contributed by atoms with van der Waals surface area (Å²) in [5.41, 5.74) is 5.60. The Balaban J connectivity index is 1.17. The van der Waals surface area contributed by atoms with Gasteiger partial charge in [-0.3, -0.25) is 0 Å². The minimum Gasteiger partial charge on any atom is -0.455 e. The molecule has 0 radical (unpaired) electrons. The van der Waals surface area contributed by atoms with Gasteiger partial charge in [-0.15, -0.1) is 0 Å². The molecule has 0 fully saturated rings. The van der Waals surface area contributed by atoms with Crippen molar-refractivity contribution in [2.75, 3.05) is 4.90 Å². The van der Waals surface area contributed by atoms with E-state index >= 15 is 0 Å². The van der Waals surface area contributed by atoms with Gasteiger partial charge < -0.3 is 9.32 Å². The smallest absolute Gasteiger partial charge is 0.143 e. The summed E-state index contributed by atoms with van der Waals surface area (Å²) in [7, 11) is 0. The first-order valence-corrected chi connectivity index (χ1v) is 19.2. The van der Waals surface area contributed by atoms with Crippen LogP contribution in [0.3, 0.4) is 0 Å². The van der Waals surface area contributed by atoms with Crippen molar-refractivity contribution in [3.05, 3.63) is 224 Å². The maximum Gasteiger partial charge on any atom is 0.143 e. The Morgan fingerprint density at radius 2 is 0.914 bits per heavy atom. The Kier molecular flexibility index (Phi) is 6.38. The van der Waals surface area contributed by atoms with E-state index < -0.39 is 24.2 Å².